The Bertz CT molecular complexity index is 202. The van der Waals surface area contributed by atoms with Gasteiger partial charge in [-0.15, -0.1) is 0 Å². The zero-order valence-electron chi connectivity index (χ0n) is 8.43. The molecule has 0 saturated carbocycles. The molecule has 0 aliphatic rings. The second kappa shape index (κ2) is 5.22. The summed E-state index contributed by atoms with van der Waals surface area (Å²) in [6, 6.07) is -0.573. The van der Waals surface area contributed by atoms with Gasteiger partial charge in [-0.2, -0.15) is 0 Å². The predicted octanol–water partition coefficient (Wildman–Crippen LogP) is 1.55. The van der Waals surface area contributed by atoms with Gasteiger partial charge in [0.1, 0.15) is 6.04 Å². The van der Waals surface area contributed by atoms with Crippen molar-refractivity contribution in [1.82, 2.24) is 5.32 Å². The fourth-order valence-electron chi connectivity index (χ4n) is 0.805. The molecule has 0 heterocycles. The Hall–Kier alpha value is -0.570. The molecule has 1 atom stereocenters. The van der Waals surface area contributed by atoms with Crippen LogP contribution in [-0.2, 0) is 9.59 Å². The van der Waals surface area contributed by atoms with Crippen molar-refractivity contribution in [1.29, 1.82) is 0 Å². The van der Waals surface area contributed by atoms with E-state index in [9.17, 15) is 9.59 Å². The molecule has 0 aliphatic heterocycles. The number of carbonyl (C=O) groups excluding carboxylic acids is 2. The molecule has 3 nitrogen and oxygen atoms in total. The van der Waals surface area contributed by atoms with E-state index in [-0.39, 0.29) is 17.7 Å². The quantitative estimate of drug-likeness (QED) is 0.708. The molecule has 0 fully saturated rings. The molecule has 0 aromatic carbocycles. The van der Waals surface area contributed by atoms with Gasteiger partial charge < -0.3 is 5.32 Å². The molecular weight excluding hydrogens is 190 g/mol. The highest BCUT2D eigenvalue weighted by Crippen LogP contribution is 2.06. The maximum absolute atomic E-state index is 11.2. The Balaban J connectivity index is 4.27. The fourth-order valence-corrected chi connectivity index (χ4v) is 1.11. The maximum atomic E-state index is 11.2. The lowest BCUT2D eigenvalue weighted by atomic mass is 10.0. The first-order chi connectivity index (χ1) is 5.86. The van der Waals surface area contributed by atoms with E-state index < -0.39 is 11.3 Å². The number of amides is 1. The third-order valence-corrected chi connectivity index (χ3v) is 1.97. The first-order valence-electron chi connectivity index (χ1n) is 4.36. The van der Waals surface area contributed by atoms with Gasteiger partial charge in [0.15, 0.2) is 0 Å². The Morgan fingerprint density at radius 3 is 1.85 bits per heavy atom. The van der Waals surface area contributed by atoms with Gasteiger partial charge in [-0.1, -0.05) is 27.7 Å². The third-order valence-electron chi connectivity index (χ3n) is 1.73. The number of carbonyl (C=O) groups is 2. The van der Waals surface area contributed by atoms with E-state index in [1.54, 1.807) is 13.8 Å². The minimum Gasteiger partial charge on any atom is -0.344 e. The van der Waals surface area contributed by atoms with E-state index in [2.05, 4.69) is 5.32 Å². The van der Waals surface area contributed by atoms with Crippen LogP contribution in [0.25, 0.3) is 0 Å². The molecule has 76 valence electrons. The summed E-state index contributed by atoms with van der Waals surface area (Å²) in [6.07, 6.45) is 0. The maximum Gasteiger partial charge on any atom is 0.244 e. The summed E-state index contributed by atoms with van der Waals surface area (Å²) in [4.78, 5) is 22.1. The van der Waals surface area contributed by atoms with Crippen LogP contribution in [0.5, 0.6) is 0 Å². The first-order valence-corrected chi connectivity index (χ1v) is 4.73. The Labute approximate surface area is 83.8 Å². The smallest absolute Gasteiger partial charge is 0.244 e. The second-order valence-electron chi connectivity index (χ2n) is 3.69. The predicted molar refractivity (Wildman–Crippen MR) is 52.5 cm³/mol. The highest BCUT2D eigenvalue weighted by Gasteiger charge is 2.23. The summed E-state index contributed by atoms with van der Waals surface area (Å²) in [6.45, 7) is 7.22. The fraction of sp³-hybridized carbons (Fsp3) is 0.778. The molecule has 0 saturated heterocycles. The zero-order chi connectivity index (χ0) is 10.6. The van der Waals surface area contributed by atoms with Crippen LogP contribution < -0.4 is 5.32 Å². The summed E-state index contributed by atoms with van der Waals surface area (Å²) >= 11 is 5.33. The molecule has 1 N–H and O–H groups in total. The van der Waals surface area contributed by atoms with E-state index in [1.165, 1.54) is 0 Å². The normalized spacial score (nSPS) is 13.2. The zero-order valence-corrected chi connectivity index (χ0v) is 9.18. The Kier molecular flexibility index (Phi) is 4.99. The highest BCUT2D eigenvalue weighted by atomic mass is 35.5. The number of hydrogen-bond donors (Lipinski definition) is 1. The minimum absolute atomic E-state index is 0.0210. The van der Waals surface area contributed by atoms with Gasteiger partial charge in [0, 0.05) is 5.92 Å². The summed E-state index contributed by atoms with van der Waals surface area (Å²) in [5.41, 5.74) is 0. The molecule has 13 heavy (non-hydrogen) atoms. The number of hydrogen-bond acceptors (Lipinski definition) is 2. The van der Waals surface area contributed by atoms with Gasteiger partial charge in [0.2, 0.25) is 11.1 Å². The third kappa shape index (κ3) is 4.27. The molecule has 0 spiro atoms. The van der Waals surface area contributed by atoms with Crippen LogP contribution in [0.1, 0.15) is 27.7 Å². The van der Waals surface area contributed by atoms with E-state index >= 15 is 0 Å². The lowest BCUT2D eigenvalue weighted by Gasteiger charge is -2.19. The summed E-state index contributed by atoms with van der Waals surface area (Å²) in [5, 5.41) is 2.08. The lowest BCUT2D eigenvalue weighted by molar-refractivity contribution is -0.127. The van der Waals surface area contributed by atoms with E-state index in [1.807, 2.05) is 13.8 Å². The monoisotopic (exact) mass is 205 g/mol. The second-order valence-corrected chi connectivity index (χ2v) is 4.06. The summed E-state index contributed by atoms with van der Waals surface area (Å²) < 4.78 is 0. The highest BCUT2D eigenvalue weighted by molar-refractivity contribution is 6.64. The van der Waals surface area contributed by atoms with Gasteiger partial charge in [0.25, 0.3) is 0 Å². The van der Waals surface area contributed by atoms with Crippen molar-refractivity contribution in [3.8, 4) is 0 Å². The topological polar surface area (TPSA) is 46.2 Å². The van der Waals surface area contributed by atoms with Crippen LogP contribution in [-0.4, -0.2) is 17.2 Å². The molecule has 0 aromatic rings. The van der Waals surface area contributed by atoms with Crippen molar-refractivity contribution < 1.29 is 9.59 Å². The van der Waals surface area contributed by atoms with Crippen molar-refractivity contribution in [2.75, 3.05) is 0 Å². The van der Waals surface area contributed by atoms with Crippen molar-refractivity contribution >= 4 is 22.8 Å². The Morgan fingerprint density at radius 2 is 1.62 bits per heavy atom. The van der Waals surface area contributed by atoms with Crippen LogP contribution in [0.3, 0.4) is 0 Å². The SMILES string of the molecule is CC(C)C(=O)NC(C(=O)Cl)C(C)C. The van der Waals surface area contributed by atoms with Crippen LogP contribution in [0.4, 0.5) is 0 Å². The van der Waals surface area contributed by atoms with E-state index in [4.69, 9.17) is 11.6 Å². The lowest BCUT2D eigenvalue weighted by Crippen LogP contribution is -2.44. The summed E-state index contributed by atoms with van der Waals surface area (Å²) in [5.74, 6) is -0.252. The van der Waals surface area contributed by atoms with E-state index in [0.717, 1.165) is 0 Å². The standard InChI is InChI=1S/C9H16ClNO2/c1-5(2)7(8(10)12)11-9(13)6(3)4/h5-7H,1-4H3,(H,11,13). The molecule has 1 unspecified atom stereocenters. The van der Waals surface area contributed by atoms with Gasteiger partial charge in [-0.25, -0.2) is 0 Å². The minimum atomic E-state index is -0.573. The van der Waals surface area contributed by atoms with Crippen LogP contribution in [0, 0.1) is 11.8 Å². The van der Waals surface area contributed by atoms with Crippen molar-refractivity contribution in [3.63, 3.8) is 0 Å². The van der Waals surface area contributed by atoms with Crippen molar-refractivity contribution in [2.45, 2.75) is 33.7 Å². The van der Waals surface area contributed by atoms with Gasteiger partial charge in [-0.3, -0.25) is 9.59 Å². The van der Waals surface area contributed by atoms with Crippen LogP contribution in [0.2, 0.25) is 0 Å². The molecule has 0 rings (SSSR count). The number of nitrogens with one attached hydrogen (secondary N) is 1. The van der Waals surface area contributed by atoms with Gasteiger partial charge in [-0.05, 0) is 17.5 Å². The molecule has 0 aliphatic carbocycles. The molecular formula is C9H16ClNO2. The Morgan fingerprint density at radius 1 is 1.15 bits per heavy atom. The molecule has 0 radical (unpaired) electrons. The van der Waals surface area contributed by atoms with Crippen LogP contribution >= 0.6 is 11.6 Å². The summed E-state index contributed by atoms with van der Waals surface area (Å²) in [7, 11) is 0. The van der Waals surface area contributed by atoms with Gasteiger partial charge in [0.05, 0.1) is 0 Å². The van der Waals surface area contributed by atoms with Gasteiger partial charge >= 0.3 is 0 Å². The average Bonchev–Trinajstić information content (AvgIpc) is 1.97. The number of halogens is 1. The first kappa shape index (κ1) is 12.4. The molecule has 0 aromatic heterocycles. The molecule has 4 heteroatoms. The molecule has 0 bridgehead atoms. The number of rotatable bonds is 4. The molecule has 1 amide bonds. The van der Waals surface area contributed by atoms with E-state index in [0.29, 0.717) is 0 Å². The van der Waals surface area contributed by atoms with Crippen LogP contribution in [0.15, 0.2) is 0 Å². The average molecular weight is 206 g/mol. The van der Waals surface area contributed by atoms with Crippen molar-refractivity contribution in [3.05, 3.63) is 0 Å². The largest absolute Gasteiger partial charge is 0.344 e. The van der Waals surface area contributed by atoms with Crippen molar-refractivity contribution in [2.24, 2.45) is 11.8 Å².